The summed E-state index contributed by atoms with van der Waals surface area (Å²) >= 11 is 0. The van der Waals surface area contributed by atoms with Gasteiger partial charge in [0.05, 0.1) is 13.0 Å². The van der Waals surface area contributed by atoms with Crippen molar-refractivity contribution in [1.29, 1.82) is 0 Å². The lowest BCUT2D eigenvalue weighted by atomic mass is 10.0. The topological polar surface area (TPSA) is 46.5 Å². The molecular formula is C9H18O3. The Hall–Kier alpha value is -0.570. The first-order chi connectivity index (χ1) is 5.58. The molecule has 0 aromatic carbocycles. The number of rotatable bonds is 5. The Kier molecular flexibility index (Phi) is 4.90. The maximum absolute atomic E-state index is 11.0. The van der Waals surface area contributed by atoms with Gasteiger partial charge in [-0.3, -0.25) is 4.79 Å². The summed E-state index contributed by atoms with van der Waals surface area (Å²) < 4.78 is 5.18. The molecule has 0 spiro atoms. The number of carbonyl (C=O) groups excluding carboxylic acids is 1. The predicted octanol–water partition coefficient (Wildman–Crippen LogP) is 1.49. The van der Waals surface area contributed by atoms with Crippen LogP contribution < -0.4 is 0 Å². The Bertz CT molecular complexity index is 139. The van der Waals surface area contributed by atoms with Gasteiger partial charge in [0, 0.05) is 0 Å². The molecule has 0 aliphatic rings. The van der Waals surface area contributed by atoms with E-state index < -0.39 is 0 Å². The number of ether oxygens (including phenoxy) is 1. The number of hydrogen-bond donors (Lipinski definition) is 1. The third kappa shape index (κ3) is 3.72. The minimum atomic E-state index is -0.355. The number of hydrogen-bond acceptors (Lipinski definition) is 3. The SMILES string of the molecule is CCC(C)(CC)OC(=O)CCO. The van der Waals surface area contributed by atoms with Crippen molar-refractivity contribution >= 4 is 5.97 Å². The van der Waals surface area contributed by atoms with E-state index >= 15 is 0 Å². The predicted molar refractivity (Wildman–Crippen MR) is 46.8 cm³/mol. The van der Waals surface area contributed by atoms with E-state index in [4.69, 9.17) is 9.84 Å². The number of aliphatic hydroxyl groups is 1. The molecule has 0 saturated heterocycles. The summed E-state index contributed by atoms with van der Waals surface area (Å²) in [6.07, 6.45) is 1.71. The van der Waals surface area contributed by atoms with Gasteiger partial charge in [-0.2, -0.15) is 0 Å². The molecule has 0 amide bonds. The quantitative estimate of drug-likeness (QED) is 0.642. The minimum absolute atomic E-state index is 0.0928. The van der Waals surface area contributed by atoms with Gasteiger partial charge in [0.1, 0.15) is 5.60 Å². The molecule has 12 heavy (non-hydrogen) atoms. The zero-order valence-corrected chi connectivity index (χ0v) is 8.09. The molecule has 0 aliphatic heterocycles. The molecule has 72 valence electrons. The van der Waals surface area contributed by atoms with Gasteiger partial charge in [-0.1, -0.05) is 13.8 Å². The minimum Gasteiger partial charge on any atom is -0.459 e. The van der Waals surface area contributed by atoms with Gasteiger partial charge in [0.15, 0.2) is 0 Å². The Labute approximate surface area is 73.7 Å². The lowest BCUT2D eigenvalue weighted by Gasteiger charge is -2.26. The van der Waals surface area contributed by atoms with E-state index in [9.17, 15) is 4.79 Å². The van der Waals surface area contributed by atoms with Crippen LogP contribution in [-0.4, -0.2) is 23.3 Å². The summed E-state index contributed by atoms with van der Waals surface area (Å²) in [6, 6.07) is 0. The maximum atomic E-state index is 11.0. The summed E-state index contributed by atoms with van der Waals surface area (Å²) in [5, 5.41) is 8.48. The standard InChI is InChI=1S/C9H18O3/c1-4-9(3,5-2)12-8(11)6-7-10/h10H,4-7H2,1-3H3. The van der Waals surface area contributed by atoms with E-state index in [1.54, 1.807) is 0 Å². The van der Waals surface area contributed by atoms with Gasteiger partial charge in [-0.15, -0.1) is 0 Å². The second-order valence-corrected chi connectivity index (χ2v) is 3.10. The van der Waals surface area contributed by atoms with E-state index in [1.165, 1.54) is 0 Å². The fourth-order valence-electron chi connectivity index (χ4n) is 0.811. The molecule has 0 aromatic heterocycles. The third-order valence-electron chi connectivity index (χ3n) is 2.17. The zero-order valence-electron chi connectivity index (χ0n) is 8.09. The lowest BCUT2D eigenvalue weighted by Crippen LogP contribution is -2.30. The molecule has 0 fully saturated rings. The van der Waals surface area contributed by atoms with Gasteiger partial charge in [0.25, 0.3) is 0 Å². The molecule has 3 heteroatoms. The average molecular weight is 174 g/mol. The first kappa shape index (κ1) is 11.4. The largest absolute Gasteiger partial charge is 0.459 e. The van der Waals surface area contributed by atoms with E-state index in [0.29, 0.717) is 0 Å². The summed E-state index contributed by atoms with van der Waals surface area (Å²) in [5.41, 5.74) is -0.355. The maximum Gasteiger partial charge on any atom is 0.308 e. The summed E-state index contributed by atoms with van der Waals surface area (Å²) in [5.74, 6) is -0.316. The number of esters is 1. The first-order valence-corrected chi connectivity index (χ1v) is 4.40. The highest BCUT2D eigenvalue weighted by Crippen LogP contribution is 2.19. The van der Waals surface area contributed by atoms with E-state index in [2.05, 4.69) is 0 Å². The second kappa shape index (κ2) is 5.14. The molecular weight excluding hydrogens is 156 g/mol. The van der Waals surface area contributed by atoms with Crippen molar-refractivity contribution in [3.8, 4) is 0 Å². The molecule has 1 N–H and O–H groups in total. The first-order valence-electron chi connectivity index (χ1n) is 4.40. The van der Waals surface area contributed by atoms with E-state index in [-0.39, 0.29) is 24.6 Å². The van der Waals surface area contributed by atoms with Crippen LogP contribution >= 0.6 is 0 Å². The van der Waals surface area contributed by atoms with Gasteiger partial charge in [-0.05, 0) is 19.8 Å². The van der Waals surface area contributed by atoms with Crippen molar-refractivity contribution in [3.63, 3.8) is 0 Å². The molecule has 3 nitrogen and oxygen atoms in total. The number of carbonyl (C=O) groups is 1. The van der Waals surface area contributed by atoms with Crippen LogP contribution in [-0.2, 0) is 9.53 Å². The smallest absolute Gasteiger partial charge is 0.308 e. The summed E-state index contributed by atoms with van der Waals surface area (Å²) in [7, 11) is 0. The van der Waals surface area contributed by atoms with Crippen molar-refractivity contribution in [2.24, 2.45) is 0 Å². The second-order valence-electron chi connectivity index (χ2n) is 3.10. The number of aliphatic hydroxyl groups excluding tert-OH is 1. The monoisotopic (exact) mass is 174 g/mol. The van der Waals surface area contributed by atoms with E-state index in [1.807, 2.05) is 20.8 Å². The van der Waals surface area contributed by atoms with Gasteiger partial charge in [0.2, 0.25) is 0 Å². The van der Waals surface area contributed by atoms with Crippen molar-refractivity contribution < 1.29 is 14.6 Å². The third-order valence-corrected chi connectivity index (χ3v) is 2.17. The Morgan fingerprint density at radius 2 is 1.92 bits per heavy atom. The van der Waals surface area contributed by atoms with Crippen LogP contribution in [0.4, 0.5) is 0 Å². The highest BCUT2D eigenvalue weighted by atomic mass is 16.6. The highest BCUT2D eigenvalue weighted by molar-refractivity contribution is 5.69. The van der Waals surface area contributed by atoms with Gasteiger partial charge < -0.3 is 9.84 Å². The van der Waals surface area contributed by atoms with Crippen molar-refractivity contribution in [2.45, 2.75) is 45.6 Å². The van der Waals surface area contributed by atoms with Crippen LogP contribution in [0.2, 0.25) is 0 Å². The lowest BCUT2D eigenvalue weighted by molar-refractivity contribution is -0.159. The molecule has 0 heterocycles. The molecule has 0 bridgehead atoms. The Morgan fingerprint density at radius 3 is 2.25 bits per heavy atom. The molecule has 0 aromatic rings. The molecule has 0 radical (unpaired) electrons. The molecule has 0 aliphatic carbocycles. The van der Waals surface area contributed by atoms with Gasteiger partial charge in [-0.25, -0.2) is 0 Å². The van der Waals surface area contributed by atoms with Crippen LogP contribution in [0.5, 0.6) is 0 Å². The summed E-state index contributed by atoms with van der Waals surface area (Å²) in [6.45, 7) is 5.73. The van der Waals surface area contributed by atoms with Crippen LogP contribution in [0.25, 0.3) is 0 Å². The van der Waals surface area contributed by atoms with Crippen molar-refractivity contribution in [3.05, 3.63) is 0 Å². The van der Waals surface area contributed by atoms with Crippen LogP contribution in [0, 0.1) is 0 Å². The van der Waals surface area contributed by atoms with Crippen molar-refractivity contribution in [2.75, 3.05) is 6.61 Å². The normalized spacial score (nSPS) is 11.3. The van der Waals surface area contributed by atoms with Crippen LogP contribution in [0.15, 0.2) is 0 Å². The molecule has 0 atom stereocenters. The van der Waals surface area contributed by atoms with Crippen LogP contribution in [0.3, 0.4) is 0 Å². The van der Waals surface area contributed by atoms with Crippen LogP contribution in [0.1, 0.15) is 40.0 Å². The molecule has 0 rings (SSSR count). The van der Waals surface area contributed by atoms with Gasteiger partial charge >= 0.3 is 5.97 Å². The Balaban J connectivity index is 3.93. The fourth-order valence-corrected chi connectivity index (χ4v) is 0.811. The molecule has 0 unspecified atom stereocenters. The summed E-state index contributed by atoms with van der Waals surface area (Å²) in [4.78, 5) is 11.0. The van der Waals surface area contributed by atoms with E-state index in [0.717, 1.165) is 12.8 Å². The van der Waals surface area contributed by atoms with Crippen molar-refractivity contribution in [1.82, 2.24) is 0 Å². The zero-order chi connectivity index (χ0) is 9.61. The average Bonchev–Trinajstić information content (AvgIpc) is 2.05. The fraction of sp³-hybridized carbons (Fsp3) is 0.889. The highest BCUT2D eigenvalue weighted by Gasteiger charge is 2.23. The molecule has 0 saturated carbocycles. The Morgan fingerprint density at radius 1 is 1.42 bits per heavy atom.